The van der Waals surface area contributed by atoms with Crippen molar-refractivity contribution in [2.24, 2.45) is 10.8 Å². The fourth-order valence-corrected chi connectivity index (χ4v) is 6.46. The van der Waals surface area contributed by atoms with Crippen LogP contribution in [-0.2, 0) is 9.53 Å². The van der Waals surface area contributed by atoms with Crippen molar-refractivity contribution >= 4 is 28.2 Å². The predicted molar refractivity (Wildman–Crippen MR) is 104 cm³/mol. The third-order valence-corrected chi connectivity index (χ3v) is 7.21. The Kier molecular flexibility index (Phi) is 4.95. The van der Waals surface area contributed by atoms with Crippen LogP contribution < -0.4 is 10.2 Å². The van der Waals surface area contributed by atoms with Gasteiger partial charge in [-0.1, -0.05) is 20.8 Å². The van der Waals surface area contributed by atoms with E-state index in [9.17, 15) is 9.59 Å². The van der Waals surface area contributed by atoms with Crippen LogP contribution in [0.25, 0.3) is 0 Å². The fourth-order valence-electron chi connectivity index (χ4n) is 5.40. The van der Waals surface area contributed by atoms with Gasteiger partial charge in [-0.15, -0.1) is 11.3 Å². The lowest BCUT2D eigenvalue weighted by Gasteiger charge is -2.37. The molecule has 2 bridgehead atoms. The maximum absolute atomic E-state index is 12.7. The van der Waals surface area contributed by atoms with Crippen LogP contribution in [0.2, 0.25) is 0 Å². The summed E-state index contributed by atoms with van der Waals surface area (Å²) in [5.74, 6) is -0.402. The topological polar surface area (TPSA) is 59.8 Å². The van der Waals surface area contributed by atoms with E-state index in [4.69, 9.17) is 4.74 Å². The van der Waals surface area contributed by atoms with Crippen LogP contribution in [0.3, 0.4) is 0 Å². The summed E-state index contributed by atoms with van der Waals surface area (Å²) in [6.45, 7) is 12.4. The number of methoxy groups -OCH3 is 1. The Morgan fingerprint density at radius 2 is 1.96 bits per heavy atom. The molecule has 1 saturated carbocycles. The summed E-state index contributed by atoms with van der Waals surface area (Å²) in [7, 11) is 1.37. The van der Waals surface area contributed by atoms with Crippen LogP contribution in [0.1, 0.15) is 60.8 Å². The largest absolute Gasteiger partial charge is 0.465 e. The maximum Gasteiger partial charge on any atom is 0.341 e. The van der Waals surface area contributed by atoms with E-state index in [1.54, 1.807) is 0 Å². The molecule has 2 aliphatic rings. The highest BCUT2D eigenvalue weighted by Gasteiger charge is 2.53. The van der Waals surface area contributed by atoms with Crippen molar-refractivity contribution in [3.8, 4) is 0 Å². The molecular weight excluding hydrogens is 348 g/mol. The van der Waals surface area contributed by atoms with Gasteiger partial charge < -0.3 is 15.0 Å². The molecule has 0 aromatic carbocycles. The molecule has 3 atom stereocenters. The van der Waals surface area contributed by atoms with Gasteiger partial charge in [0.2, 0.25) is 0 Å². The highest BCUT2D eigenvalue weighted by atomic mass is 32.1. The van der Waals surface area contributed by atoms with E-state index in [1.807, 2.05) is 13.8 Å². The van der Waals surface area contributed by atoms with Crippen molar-refractivity contribution < 1.29 is 19.2 Å². The van der Waals surface area contributed by atoms with Crippen LogP contribution in [-0.4, -0.2) is 38.1 Å². The van der Waals surface area contributed by atoms with Crippen molar-refractivity contribution in [1.82, 2.24) is 0 Å². The molecule has 2 N–H and O–H groups in total. The molecule has 1 aliphatic carbocycles. The Morgan fingerprint density at radius 3 is 2.62 bits per heavy atom. The van der Waals surface area contributed by atoms with Gasteiger partial charge in [0.25, 0.3) is 5.91 Å². The highest BCUT2D eigenvalue weighted by molar-refractivity contribution is 7.16. The molecule has 1 aliphatic heterocycles. The van der Waals surface area contributed by atoms with E-state index in [2.05, 4.69) is 26.1 Å². The molecule has 144 valence electrons. The molecular formula is C20H31N2O3S+. The number of anilines is 1. The fraction of sp³-hybridized carbons (Fsp3) is 0.700. The zero-order chi connectivity index (χ0) is 19.3. The lowest BCUT2D eigenvalue weighted by Crippen LogP contribution is -3.15. The number of thiophene rings is 1. The molecule has 1 amide bonds. The average Bonchev–Trinajstić information content (AvgIpc) is 2.90. The first-order chi connectivity index (χ1) is 12.0. The molecule has 26 heavy (non-hydrogen) atoms. The molecule has 1 unspecified atom stereocenters. The number of quaternary nitrogens is 1. The summed E-state index contributed by atoms with van der Waals surface area (Å²) in [6, 6.07) is 0.557. The smallest absolute Gasteiger partial charge is 0.341 e. The summed E-state index contributed by atoms with van der Waals surface area (Å²) in [4.78, 5) is 27.2. The highest BCUT2D eigenvalue weighted by Crippen LogP contribution is 2.47. The standard InChI is InChI=1S/C20H30N2O3S/c1-12-13(2)26-17(16(12)18(24)25-6)21-15(23)9-22-11-20(5)8-14(22)7-19(3,4)10-20/h14H,7-11H2,1-6H3,(H,21,23)/p+1/t14-,20-/m0/s1. The Labute approximate surface area is 160 Å². The number of nitrogens with one attached hydrogen (secondary N) is 2. The number of carbonyl (C=O) groups excluding carboxylic acids is 2. The number of hydrogen-bond donors (Lipinski definition) is 2. The number of ether oxygens (including phenoxy) is 1. The number of aryl methyl sites for hydroxylation is 1. The van der Waals surface area contributed by atoms with Gasteiger partial charge in [0.05, 0.1) is 25.3 Å². The zero-order valence-corrected chi connectivity index (χ0v) is 17.6. The van der Waals surface area contributed by atoms with E-state index in [1.165, 1.54) is 42.6 Å². The quantitative estimate of drug-likeness (QED) is 0.791. The molecule has 1 aromatic rings. The van der Waals surface area contributed by atoms with Gasteiger partial charge in [0, 0.05) is 23.1 Å². The maximum atomic E-state index is 12.7. The Morgan fingerprint density at radius 1 is 1.27 bits per heavy atom. The molecule has 5 nitrogen and oxygen atoms in total. The molecule has 6 heteroatoms. The third-order valence-electron chi connectivity index (χ3n) is 6.09. The molecule has 1 saturated heterocycles. The van der Waals surface area contributed by atoms with Crippen molar-refractivity contribution in [3.63, 3.8) is 0 Å². The summed E-state index contributed by atoms with van der Waals surface area (Å²) < 4.78 is 4.89. The van der Waals surface area contributed by atoms with E-state index in [0.717, 1.165) is 17.0 Å². The molecule has 2 fully saturated rings. The Balaban J connectivity index is 1.71. The molecule has 0 radical (unpaired) electrons. The number of likely N-dealkylation sites (tertiary alicyclic amines) is 1. The molecule has 2 heterocycles. The summed E-state index contributed by atoms with van der Waals surface area (Å²) in [5.41, 5.74) is 2.08. The van der Waals surface area contributed by atoms with Gasteiger partial charge in [-0.2, -0.15) is 0 Å². The first-order valence-corrected chi connectivity index (χ1v) is 10.2. The van der Waals surface area contributed by atoms with Gasteiger partial charge in [0.1, 0.15) is 5.00 Å². The predicted octanol–water partition coefficient (Wildman–Crippen LogP) is 2.57. The number of esters is 1. The van der Waals surface area contributed by atoms with Crippen LogP contribution in [0.4, 0.5) is 5.00 Å². The number of hydrogen-bond acceptors (Lipinski definition) is 4. The van der Waals surface area contributed by atoms with Crippen LogP contribution in [0.5, 0.6) is 0 Å². The van der Waals surface area contributed by atoms with Crippen molar-refractivity contribution in [2.75, 3.05) is 25.5 Å². The van der Waals surface area contributed by atoms with E-state index in [0.29, 0.717) is 34.0 Å². The monoisotopic (exact) mass is 379 g/mol. The number of carbonyl (C=O) groups is 2. The van der Waals surface area contributed by atoms with Crippen LogP contribution in [0, 0.1) is 24.7 Å². The third kappa shape index (κ3) is 3.67. The second-order valence-electron chi connectivity index (χ2n) is 9.30. The minimum absolute atomic E-state index is 0.0136. The zero-order valence-electron chi connectivity index (χ0n) is 16.7. The van der Waals surface area contributed by atoms with E-state index >= 15 is 0 Å². The number of amides is 1. The Bertz CT molecular complexity index is 740. The van der Waals surface area contributed by atoms with E-state index < -0.39 is 0 Å². The minimum atomic E-state index is -0.388. The first-order valence-electron chi connectivity index (χ1n) is 9.36. The van der Waals surface area contributed by atoms with Gasteiger partial charge in [0.15, 0.2) is 6.54 Å². The van der Waals surface area contributed by atoms with Crippen molar-refractivity contribution in [1.29, 1.82) is 0 Å². The van der Waals surface area contributed by atoms with Crippen LogP contribution >= 0.6 is 11.3 Å². The summed E-state index contributed by atoms with van der Waals surface area (Å²) >= 11 is 1.45. The second-order valence-corrected chi connectivity index (χ2v) is 10.5. The summed E-state index contributed by atoms with van der Waals surface area (Å²) in [5, 5.41) is 3.60. The molecule has 3 rings (SSSR count). The number of fused-ring (bicyclic) bond motifs is 2. The summed E-state index contributed by atoms with van der Waals surface area (Å²) in [6.07, 6.45) is 3.62. The van der Waals surface area contributed by atoms with Gasteiger partial charge in [-0.25, -0.2) is 4.79 Å². The van der Waals surface area contributed by atoms with Crippen molar-refractivity contribution in [2.45, 2.75) is 59.9 Å². The van der Waals surface area contributed by atoms with Crippen LogP contribution in [0.15, 0.2) is 0 Å². The van der Waals surface area contributed by atoms with Gasteiger partial charge in [-0.3, -0.25) is 4.79 Å². The SMILES string of the molecule is COC(=O)c1c(NC(=O)C[NH+]2C[C@@]3(C)C[C@@H]2CC(C)(C)C3)sc(C)c1C. The average molecular weight is 380 g/mol. The van der Waals surface area contributed by atoms with E-state index in [-0.39, 0.29) is 11.9 Å². The first kappa shape index (κ1) is 19.4. The minimum Gasteiger partial charge on any atom is -0.465 e. The molecule has 0 spiro atoms. The lowest BCUT2D eigenvalue weighted by atomic mass is 9.65. The second kappa shape index (κ2) is 6.64. The lowest BCUT2D eigenvalue weighted by molar-refractivity contribution is -0.906. The van der Waals surface area contributed by atoms with Crippen molar-refractivity contribution in [3.05, 3.63) is 16.0 Å². The van der Waals surface area contributed by atoms with Gasteiger partial charge >= 0.3 is 5.97 Å². The Hall–Kier alpha value is -1.40. The van der Waals surface area contributed by atoms with Gasteiger partial charge in [-0.05, 0) is 31.2 Å². The molecule has 1 aromatic heterocycles. The number of rotatable bonds is 4. The normalized spacial score (nSPS) is 29.5.